The standard InChI is InChI=1S/C16H24IN/c1-15(2,3)18-9-8-12-10-14(16(4,5)17)7-6-13(12)11-18/h6-7,10H,8-9,11H2,1-5H3. The predicted molar refractivity (Wildman–Crippen MR) is 87.4 cm³/mol. The Morgan fingerprint density at radius 3 is 2.28 bits per heavy atom. The minimum Gasteiger partial charge on any atom is -0.294 e. The van der Waals surface area contributed by atoms with Crippen molar-refractivity contribution in [2.45, 2.75) is 56.5 Å². The number of hydrogen-bond acceptors (Lipinski definition) is 1. The van der Waals surface area contributed by atoms with Crippen LogP contribution in [0.15, 0.2) is 18.2 Å². The summed E-state index contributed by atoms with van der Waals surface area (Å²) in [5.41, 5.74) is 4.79. The zero-order valence-corrected chi connectivity index (χ0v) is 14.3. The molecular weight excluding hydrogens is 333 g/mol. The zero-order valence-electron chi connectivity index (χ0n) is 12.2. The van der Waals surface area contributed by atoms with E-state index in [-0.39, 0.29) is 8.96 Å². The highest BCUT2D eigenvalue weighted by molar-refractivity contribution is 14.1. The molecular formula is C16H24IN. The number of benzene rings is 1. The first kappa shape index (κ1) is 14.3. The monoisotopic (exact) mass is 357 g/mol. The maximum Gasteiger partial charge on any atom is 0.0414 e. The van der Waals surface area contributed by atoms with Crippen molar-refractivity contribution < 1.29 is 0 Å². The topological polar surface area (TPSA) is 3.24 Å². The fourth-order valence-electron chi connectivity index (χ4n) is 2.50. The van der Waals surface area contributed by atoms with Crippen molar-refractivity contribution in [2.24, 2.45) is 0 Å². The van der Waals surface area contributed by atoms with Crippen molar-refractivity contribution in [1.29, 1.82) is 0 Å². The molecule has 0 saturated carbocycles. The lowest BCUT2D eigenvalue weighted by Crippen LogP contribution is -2.44. The van der Waals surface area contributed by atoms with E-state index in [1.165, 1.54) is 24.1 Å². The number of rotatable bonds is 1. The number of alkyl halides is 1. The van der Waals surface area contributed by atoms with Crippen LogP contribution >= 0.6 is 22.6 Å². The van der Waals surface area contributed by atoms with Gasteiger partial charge in [-0.1, -0.05) is 40.8 Å². The van der Waals surface area contributed by atoms with Gasteiger partial charge in [-0.25, -0.2) is 0 Å². The van der Waals surface area contributed by atoms with Crippen LogP contribution < -0.4 is 0 Å². The van der Waals surface area contributed by atoms with Gasteiger partial charge in [-0.05, 0) is 57.7 Å². The molecule has 1 aliphatic rings. The van der Waals surface area contributed by atoms with Crippen molar-refractivity contribution in [3.63, 3.8) is 0 Å². The van der Waals surface area contributed by atoms with Gasteiger partial charge in [-0.15, -0.1) is 0 Å². The van der Waals surface area contributed by atoms with Crippen molar-refractivity contribution in [1.82, 2.24) is 4.90 Å². The van der Waals surface area contributed by atoms with Gasteiger partial charge in [0.05, 0.1) is 0 Å². The third-order valence-corrected chi connectivity index (χ3v) is 4.48. The smallest absolute Gasteiger partial charge is 0.0414 e. The van der Waals surface area contributed by atoms with E-state index in [1.807, 2.05) is 0 Å². The first-order valence-corrected chi connectivity index (χ1v) is 7.82. The predicted octanol–water partition coefficient (Wildman–Crippen LogP) is 4.51. The van der Waals surface area contributed by atoms with Gasteiger partial charge in [0.1, 0.15) is 0 Å². The SMILES string of the molecule is CC(C)(I)c1ccc2c(c1)CCN(C(C)(C)C)C2. The van der Waals surface area contributed by atoms with Crippen molar-refractivity contribution in [3.05, 3.63) is 34.9 Å². The third-order valence-electron chi connectivity index (χ3n) is 3.85. The molecule has 0 aromatic heterocycles. The summed E-state index contributed by atoms with van der Waals surface area (Å²) in [4.78, 5) is 2.57. The Hall–Kier alpha value is -0.0900. The van der Waals surface area contributed by atoms with Gasteiger partial charge in [-0.2, -0.15) is 0 Å². The van der Waals surface area contributed by atoms with Crippen LogP contribution in [-0.2, 0) is 16.4 Å². The number of hydrogen-bond donors (Lipinski definition) is 0. The summed E-state index contributed by atoms with van der Waals surface area (Å²) in [6.45, 7) is 13.8. The highest BCUT2D eigenvalue weighted by atomic mass is 127. The number of fused-ring (bicyclic) bond motifs is 1. The molecule has 2 heteroatoms. The normalized spacial score (nSPS) is 17.7. The molecule has 0 saturated heterocycles. The molecule has 18 heavy (non-hydrogen) atoms. The summed E-state index contributed by atoms with van der Waals surface area (Å²) >= 11 is 2.52. The summed E-state index contributed by atoms with van der Waals surface area (Å²) in [5, 5.41) is 0. The van der Waals surface area contributed by atoms with Crippen molar-refractivity contribution in [3.8, 4) is 0 Å². The first-order valence-electron chi connectivity index (χ1n) is 6.74. The summed E-state index contributed by atoms with van der Waals surface area (Å²) in [7, 11) is 0. The summed E-state index contributed by atoms with van der Waals surface area (Å²) < 4.78 is 0.230. The molecule has 1 aromatic rings. The minimum absolute atomic E-state index is 0.230. The average Bonchev–Trinajstić information content (AvgIpc) is 2.25. The second-order valence-electron chi connectivity index (χ2n) is 6.80. The van der Waals surface area contributed by atoms with E-state index in [0.29, 0.717) is 0 Å². The molecule has 1 heterocycles. The lowest BCUT2D eigenvalue weighted by Gasteiger charge is -2.39. The fraction of sp³-hybridized carbons (Fsp3) is 0.625. The van der Waals surface area contributed by atoms with Gasteiger partial charge < -0.3 is 0 Å². The lowest BCUT2D eigenvalue weighted by molar-refractivity contribution is 0.121. The van der Waals surface area contributed by atoms with E-state index in [0.717, 1.165) is 6.54 Å². The molecule has 0 spiro atoms. The number of halogens is 1. The second-order valence-corrected chi connectivity index (χ2v) is 9.50. The Bertz CT molecular complexity index is 437. The molecule has 1 aromatic carbocycles. The molecule has 0 fully saturated rings. The minimum atomic E-state index is 0.230. The second kappa shape index (κ2) is 4.78. The molecule has 0 bridgehead atoms. The van der Waals surface area contributed by atoms with Crippen LogP contribution in [0.4, 0.5) is 0 Å². The van der Waals surface area contributed by atoms with E-state index >= 15 is 0 Å². The molecule has 0 N–H and O–H groups in total. The van der Waals surface area contributed by atoms with Crippen LogP contribution in [0.1, 0.15) is 51.3 Å². The van der Waals surface area contributed by atoms with Crippen LogP contribution in [0.5, 0.6) is 0 Å². The quantitative estimate of drug-likeness (QED) is 0.528. The van der Waals surface area contributed by atoms with Gasteiger partial charge in [-0.3, -0.25) is 4.90 Å². The summed E-state index contributed by atoms with van der Waals surface area (Å²) in [6.07, 6.45) is 1.19. The van der Waals surface area contributed by atoms with Crippen LogP contribution in [0, 0.1) is 0 Å². The van der Waals surface area contributed by atoms with Gasteiger partial charge in [0.2, 0.25) is 0 Å². The molecule has 100 valence electrons. The van der Waals surface area contributed by atoms with E-state index in [9.17, 15) is 0 Å². The summed E-state index contributed by atoms with van der Waals surface area (Å²) in [5.74, 6) is 0. The molecule has 0 unspecified atom stereocenters. The van der Waals surface area contributed by atoms with Crippen molar-refractivity contribution in [2.75, 3.05) is 6.54 Å². The van der Waals surface area contributed by atoms with E-state index in [4.69, 9.17) is 0 Å². The third kappa shape index (κ3) is 3.08. The van der Waals surface area contributed by atoms with E-state index in [1.54, 1.807) is 5.56 Å². The Balaban J connectivity index is 2.27. The first-order chi connectivity index (χ1) is 8.18. The summed E-state index contributed by atoms with van der Waals surface area (Å²) in [6, 6.07) is 7.06. The van der Waals surface area contributed by atoms with E-state index < -0.39 is 0 Å². The van der Waals surface area contributed by atoms with Gasteiger partial charge in [0.25, 0.3) is 0 Å². The van der Waals surface area contributed by atoms with E-state index in [2.05, 4.69) is 80.3 Å². The lowest BCUT2D eigenvalue weighted by atomic mass is 9.91. The molecule has 0 aliphatic carbocycles. The molecule has 0 radical (unpaired) electrons. The maximum atomic E-state index is 2.57. The molecule has 1 nitrogen and oxygen atoms in total. The van der Waals surface area contributed by atoms with Crippen LogP contribution in [0.3, 0.4) is 0 Å². The molecule has 0 atom stereocenters. The number of nitrogens with zero attached hydrogens (tertiary/aromatic N) is 1. The van der Waals surface area contributed by atoms with Gasteiger partial charge in [0.15, 0.2) is 0 Å². The Kier molecular flexibility index (Phi) is 3.81. The van der Waals surface area contributed by atoms with Gasteiger partial charge >= 0.3 is 0 Å². The fourth-order valence-corrected chi connectivity index (χ4v) is 2.83. The Morgan fingerprint density at radius 1 is 1.06 bits per heavy atom. The largest absolute Gasteiger partial charge is 0.294 e. The van der Waals surface area contributed by atoms with Crippen LogP contribution in [0.2, 0.25) is 0 Å². The molecule has 1 aliphatic heterocycles. The van der Waals surface area contributed by atoms with Crippen molar-refractivity contribution >= 4 is 22.6 Å². The van der Waals surface area contributed by atoms with Gasteiger partial charge in [0, 0.05) is 22.1 Å². The molecule has 2 rings (SSSR count). The molecule has 0 amide bonds. The Labute approximate surface area is 125 Å². The Morgan fingerprint density at radius 2 is 1.72 bits per heavy atom. The van der Waals surface area contributed by atoms with Crippen LogP contribution in [0.25, 0.3) is 0 Å². The highest BCUT2D eigenvalue weighted by Crippen LogP contribution is 2.33. The average molecular weight is 357 g/mol. The maximum absolute atomic E-state index is 2.57. The van der Waals surface area contributed by atoms with Crippen LogP contribution in [-0.4, -0.2) is 17.0 Å². The highest BCUT2D eigenvalue weighted by Gasteiger charge is 2.26. The zero-order chi connectivity index (χ0) is 13.6.